The second-order valence-corrected chi connectivity index (χ2v) is 4.18. The Morgan fingerprint density at radius 1 is 1.42 bits per heavy atom. The van der Waals surface area contributed by atoms with Crippen molar-refractivity contribution in [3.05, 3.63) is 24.3 Å². The van der Waals surface area contributed by atoms with E-state index in [1.54, 1.807) is 12.1 Å². The Kier molecular flexibility index (Phi) is 6.74. The van der Waals surface area contributed by atoms with E-state index in [9.17, 15) is 4.79 Å². The second-order valence-electron chi connectivity index (χ2n) is 4.18. The molecular formula is C14H22N2O3. The van der Waals surface area contributed by atoms with Crippen molar-refractivity contribution in [2.24, 2.45) is 0 Å². The van der Waals surface area contributed by atoms with E-state index in [1.165, 1.54) is 0 Å². The van der Waals surface area contributed by atoms with Gasteiger partial charge in [-0.2, -0.15) is 0 Å². The predicted octanol–water partition coefficient (Wildman–Crippen LogP) is 2.37. The van der Waals surface area contributed by atoms with Gasteiger partial charge in [0, 0.05) is 24.4 Å². The second kappa shape index (κ2) is 8.37. The number of ether oxygens (including phenoxy) is 1. The van der Waals surface area contributed by atoms with Gasteiger partial charge in [-0.1, -0.05) is 13.0 Å². The quantitative estimate of drug-likeness (QED) is 0.709. The van der Waals surface area contributed by atoms with E-state index >= 15 is 0 Å². The molecule has 0 bridgehead atoms. The van der Waals surface area contributed by atoms with Crippen LogP contribution in [-0.4, -0.2) is 30.4 Å². The highest BCUT2D eigenvalue weighted by molar-refractivity contribution is 5.89. The Balaban J connectivity index is 2.53. The van der Waals surface area contributed by atoms with Gasteiger partial charge >= 0.3 is 6.03 Å². The number of nitrogens with one attached hydrogen (secondary N) is 2. The number of carbonyl (C=O) groups excluding carboxylic acids is 1. The van der Waals surface area contributed by atoms with Crippen LogP contribution in [0.2, 0.25) is 0 Å². The summed E-state index contributed by atoms with van der Waals surface area (Å²) in [5.74, 6) is 0.725. The molecule has 5 heteroatoms. The minimum absolute atomic E-state index is 0.0138. The number of hydrogen-bond donors (Lipinski definition) is 3. The molecule has 1 unspecified atom stereocenters. The molecule has 0 radical (unpaired) electrons. The van der Waals surface area contributed by atoms with E-state index in [0.29, 0.717) is 18.7 Å². The van der Waals surface area contributed by atoms with Gasteiger partial charge in [-0.3, -0.25) is 0 Å². The van der Waals surface area contributed by atoms with Gasteiger partial charge in [0.15, 0.2) is 0 Å². The smallest absolute Gasteiger partial charge is 0.319 e. The van der Waals surface area contributed by atoms with Gasteiger partial charge in [-0.25, -0.2) is 4.79 Å². The van der Waals surface area contributed by atoms with Crippen LogP contribution in [0.4, 0.5) is 10.5 Å². The van der Waals surface area contributed by atoms with Crippen LogP contribution < -0.4 is 15.4 Å². The minimum atomic E-state index is -0.269. The molecule has 0 spiro atoms. The first-order chi connectivity index (χ1) is 9.19. The third kappa shape index (κ3) is 5.61. The molecule has 1 aromatic carbocycles. The summed E-state index contributed by atoms with van der Waals surface area (Å²) in [7, 11) is 0. The fourth-order valence-electron chi connectivity index (χ4n) is 1.72. The summed E-state index contributed by atoms with van der Waals surface area (Å²) >= 11 is 0. The molecule has 5 nitrogen and oxygen atoms in total. The highest BCUT2D eigenvalue weighted by Crippen LogP contribution is 2.17. The number of aliphatic hydroxyl groups excluding tert-OH is 1. The van der Waals surface area contributed by atoms with Crippen molar-refractivity contribution in [2.75, 3.05) is 18.5 Å². The van der Waals surface area contributed by atoms with E-state index in [0.717, 1.165) is 12.2 Å². The lowest BCUT2D eigenvalue weighted by Gasteiger charge is -2.16. The zero-order valence-corrected chi connectivity index (χ0v) is 11.5. The third-order valence-electron chi connectivity index (χ3n) is 2.71. The first-order valence-electron chi connectivity index (χ1n) is 6.60. The molecule has 1 atom stereocenters. The fraction of sp³-hybridized carbons (Fsp3) is 0.500. The van der Waals surface area contributed by atoms with Gasteiger partial charge in [0.2, 0.25) is 0 Å². The lowest BCUT2D eigenvalue weighted by Crippen LogP contribution is -2.38. The maximum absolute atomic E-state index is 11.8. The molecule has 0 saturated carbocycles. The van der Waals surface area contributed by atoms with E-state index in [1.807, 2.05) is 26.0 Å². The van der Waals surface area contributed by atoms with Crippen molar-refractivity contribution >= 4 is 11.7 Å². The molecule has 1 aromatic rings. The van der Waals surface area contributed by atoms with E-state index in [-0.39, 0.29) is 18.7 Å². The van der Waals surface area contributed by atoms with Gasteiger partial charge < -0.3 is 20.5 Å². The molecule has 106 valence electrons. The predicted molar refractivity (Wildman–Crippen MR) is 75.5 cm³/mol. The number of urea groups is 1. The lowest BCUT2D eigenvalue weighted by molar-refractivity contribution is 0.237. The summed E-state index contributed by atoms with van der Waals surface area (Å²) in [6.45, 7) is 4.53. The zero-order chi connectivity index (χ0) is 14.1. The molecule has 1 rings (SSSR count). The molecule has 0 aromatic heterocycles. The third-order valence-corrected chi connectivity index (χ3v) is 2.71. The van der Waals surface area contributed by atoms with Gasteiger partial charge in [0.05, 0.1) is 6.61 Å². The van der Waals surface area contributed by atoms with Gasteiger partial charge in [0.25, 0.3) is 0 Å². The largest absolute Gasteiger partial charge is 0.494 e. The molecule has 0 fully saturated rings. The van der Waals surface area contributed by atoms with Crippen LogP contribution in [0.1, 0.15) is 26.7 Å². The molecule has 0 aliphatic rings. The van der Waals surface area contributed by atoms with Crippen LogP contribution in [0.5, 0.6) is 5.75 Å². The van der Waals surface area contributed by atoms with Crippen LogP contribution in [0.25, 0.3) is 0 Å². The van der Waals surface area contributed by atoms with Crippen molar-refractivity contribution in [3.63, 3.8) is 0 Å². The first kappa shape index (κ1) is 15.3. The maximum atomic E-state index is 11.8. The van der Waals surface area contributed by atoms with E-state index < -0.39 is 0 Å². The highest BCUT2D eigenvalue weighted by Gasteiger charge is 2.09. The first-order valence-corrected chi connectivity index (χ1v) is 6.60. The molecule has 0 saturated heterocycles. The Labute approximate surface area is 114 Å². The summed E-state index contributed by atoms with van der Waals surface area (Å²) in [5.41, 5.74) is 0.683. The fourth-order valence-corrected chi connectivity index (χ4v) is 1.72. The summed E-state index contributed by atoms with van der Waals surface area (Å²) in [4.78, 5) is 11.8. The molecule has 0 aliphatic carbocycles. The molecule has 0 aliphatic heterocycles. The topological polar surface area (TPSA) is 70.6 Å². The van der Waals surface area contributed by atoms with Crippen LogP contribution >= 0.6 is 0 Å². The monoisotopic (exact) mass is 266 g/mol. The maximum Gasteiger partial charge on any atom is 0.319 e. The minimum Gasteiger partial charge on any atom is -0.494 e. The molecule has 0 heterocycles. The van der Waals surface area contributed by atoms with Crippen molar-refractivity contribution in [1.82, 2.24) is 5.32 Å². The molecule has 3 N–H and O–H groups in total. The van der Waals surface area contributed by atoms with E-state index in [4.69, 9.17) is 9.84 Å². The van der Waals surface area contributed by atoms with Crippen LogP contribution in [0.3, 0.4) is 0 Å². The Morgan fingerprint density at radius 3 is 2.84 bits per heavy atom. The van der Waals surface area contributed by atoms with Crippen LogP contribution in [-0.2, 0) is 0 Å². The number of carbonyl (C=O) groups is 1. The number of anilines is 1. The van der Waals surface area contributed by atoms with E-state index in [2.05, 4.69) is 10.6 Å². The Morgan fingerprint density at radius 2 is 2.21 bits per heavy atom. The summed E-state index contributed by atoms with van der Waals surface area (Å²) in [6, 6.07) is 6.96. The number of hydrogen-bond acceptors (Lipinski definition) is 3. The average Bonchev–Trinajstić information content (AvgIpc) is 2.39. The molecule has 19 heavy (non-hydrogen) atoms. The normalized spacial score (nSPS) is 11.7. The molecular weight excluding hydrogens is 244 g/mol. The summed E-state index contributed by atoms with van der Waals surface area (Å²) < 4.78 is 5.36. The Hall–Kier alpha value is -1.75. The van der Waals surface area contributed by atoms with Crippen molar-refractivity contribution in [2.45, 2.75) is 32.7 Å². The standard InChI is InChI=1S/C14H22N2O3/c1-3-11(8-9-17)15-14(18)16-12-6-5-7-13(10-12)19-4-2/h5-7,10-11,17H,3-4,8-9H2,1-2H3,(H2,15,16,18). The highest BCUT2D eigenvalue weighted by atomic mass is 16.5. The van der Waals surface area contributed by atoms with Crippen molar-refractivity contribution < 1.29 is 14.6 Å². The zero-order valence-electron chi connectivity index (χ0n) is 11.5. The van der Waals surface area contributed by atoms with Crippen molar-refractivity contribution in [3.8, 4) is 5.75 Å². The van der Waals surface area contributed by atoms with Crippen molar-refractivity contribution in [1.29, 1.82) is 0 Å². The molecule has 2 amide bonds. The van der Waals surface area contributed by atoms with Crippen LogP contribution in [0.15, 0.2) is 24.3 Å². The lowest BCUT2D eigenvalue weighted by atomic mass is 10.2. The summed E-state index contributed by atoms with van der Waals surface area (Å²) in [5, 5.41) is 14.4. The Bertz CT molecular complexity index is 396. The summed E-state index contributed by atoms with van der Waals surface area (Å²) in [6.07, 6.45) is 1.34. The van der Waals surface area contributed by atoms with Gasteiger partial charge in [0.1, 0.15) is 5.75 Å². The average molecular weight is 266 g/mol. The SMILES string of the molecule is CCOc1cccc(NC(=O)NC(CC)CCO)c1. The van der Waals surface area contributed by atoms with Gasteiger partial charge in [-0.05, 0) is 31.9 Å². The number of amides is 2. The van der Waals surface area contributed by atoms with Crippen LogP contribution in [0, 0.1) is 0 Å². The van der Waals surface area contributed by atoms with Gasteiger partial charge in [-0.15, -0.1) is 0 Å². The number of benzene rings is 1. The number of rotatable bonds is 7. The number of aliphatic hydroxyl groups is 1.